The van der Waals surface area contributed by atoms with Crippen LogP contribution in [0.25, 0.3) is 10.9 Å². The standard InChI is InChI=1S/C15H18ClNOS/c1-11(7-10-19)6-9-18-14-5-4-13(16)12-3-2-8-17-15(12)14/h2-5,8,11,19H,6-7,9-10H2,1H3. The minimum atomic E-state index is 0.629. The average Bonchev–Trinajstić information content (AvgIpc) is 2.42. The number of ether oxygens (including phenoxy) is 1. The molecule has 0 saturated heterocycles. The lowest BCUT2D eigenvalue weighted by Gasteiger charge is -2.12. The summed E-state index contributed by atoms with van der Waals surface area (Å²) in [6.07, 6.45) is 3.90. The normalized spacial score (nSPS) is 12.6. The number of hydrogen-bond acceptors (Lipinski definition) is 3. The molecule has 19 heavy (non-hydrogen) atoms. The van der Waals surface area contributed by atoms with Crippen molar-refractivity contribution in [2.45, 2.75) is 19.8 Å². The maximum atomic E-state index is 6.15. The Balaban J connectivity index is 2.07. The summed E-state index contributed by atoms with van der Waals surface area (Å²) in [7, 11) is 0. The van der Waals surface area contributed by atoms with Gasteiger partial charge in [0.05, 0.1) is 11.6 Å². The molecular formula is C15H18ClNOS. The zero-order chi connectivity index (χ0) is 13.7. The summed E-state index contributed by atoms with van der Waals surface area (Å²) in [5, 5.41) is 1.64. The van der Waals surface area contributed by atoms with E-state index >= 15 is 0 Å². The summed E-state index contributed by atoms with van der Waals surface area (Å²) in [6, 6.07) is 7.59. The monoisotopic (exact) mass is 295 g/mol. The predicted octanol–water partition coefficient (Wildman–Crippen LogP) is 4.61. The molecule has 2 rings (SSSR count). The van der Waals surface area contributed by atoms with Crippen LogP contribution in [-0.4, -0.2) is 17.3 Å². The maximum Gasteiger partial charge on any atom is 0.145 e. The molecule has 0 spiro atoms. The van der Waals surface area contributed by atoms with Crippen molar-refractivity contribution in [3.8, 4) is 5.75 Å². The highest BCUT2D eigenvalue weighted by molar-refractivity contribution is 7.80. The average molecular weight is 296 g/mol. The third-order valence-corrected chi connectivity index (χ3v) is 3.76. The first-order valence-electron chi connectivity index (χ1n) is 6.49. The van der Waals surface area contributed by atoms with E-state index < -0.39 is 0 Å². The SMILES string of the molecule is CC(CCS)CCOc1ccc(Cl)c2cccnc12. The lowest BCUT2D eigenvalue weighted by atomic mass is 10.1. The fourth-order valence-corrected chi connectivity index (χ4v) is 2.62. The smallest absolute Gasteiger partial charge is 0.145 e. The van der Waals surface area contributed by atoms with Gasteiger partial charge in [-0.05, 0) is 48.8 Å². The van der Waals surface area contributed by atoms with E-state index in [4.69, 9.17) is 16.3 Å². The molecule has 1 atom stereocenters. The van der Waals surface area contributed by atoms with Crippen molar-refractivity contribution in [1.82, 2.24) is 4.98 Å². The molecule has 0 amide bonds. The molecule has 0 N–H and O–H groups in total. The predicted molar refractivity (Wildman–Crippen MR) is 84.5 cm³/mol. The lowest BCUT2D eigenvalue weighted by molar-refractivity contribution is 0.284. The van der Waals surface area contributed by atoms with Crippen LogP contribution in [0, 0.1) is 5.92 Å². The topological polar surface area (TPSA) is 22.1 Å². The van der Waals surface area contributed by atoms with Crippen LogP contribution in [0.5, 0.6) is 5.75 Å². The highest BCUT2D eigenvalue weighted by atomic mass is 35.5. The van der Waals surface area contributed by atoms with Crippen LogP contribution in [-0.2, 0) is 0 Å². The van der Waals surface area contributed by atoms with Crippen molar-refractivity contribution in [2.24, 2.45) is 5.92 Å². The van der Waals surface area contributed by atoms with Gasteiger partial charge in [-0.15, -0.1) is 0 Å². The Morgan fingerprint density at radius 1 is 1.32 bits per heavy atom. The van der Waals surface area contributed by atoms with Crippen LogP contribution in [0.1, 0.15) is 19.8 Å². The third-order valence-electron chi connectivity index (χ3n) is 3.17. The number of halogens is 1. The fraction of sp³-hybridized carbons (Fsp3) is 0.400. The van der Waals surface area contributed by atoms with Crippen molar-refractivity contribution in [3.05, 3.63) is 35.5 Å². The first-order valence-corrected chi connectivity index (χ1v) is 7.50. The summed E-state index contributed by atoms with van der Waals surface area (Å²) in [5.74, 6) is 2.36. The first kappa shape index (κ1) is 14.5. The molecule has 0 saturated carbocycles. The number of fused-ring (bicyclic) bond motifs is 1. The summed E-state index contributed by atoms with van der Waals surface area (Å²) >= 11 is 10.4. The molecule has 2 aromatic rings. The van der Waals surface area contributed by atoms with Crippen LogP contribution < -0.4 is 4.74 Å². The molecule has 1 heterocycles. The molecule has 4 heteroatoms. The van der Waals surface area contributed by atoms with Crippen molar-refractivity contribution >= 4 is 35.1 Å². The second kappa shape index (κ2) is 7.01. The van der Waals surface area contributed by atoms with Gasteiger partial charge in [-0.2, -0.15) is 12.6 Å². The van der Waals surface area contributed by atoms with Gasteiger partial charge in [-0.3, -0.25) is 4.98 Å². The van der Waals surface area contributed by atoms with Gasteiger partial charge in [0.15, 0.2) is 0 Å². The van der Waals surface area contributed by atoms with Crippen molar-refractivity contribution in [2.75, 3.05) is 12.4 Å². The van der Waals surface area contributed by atoms with Gasteiger partial charge in [-0.1, -0.05) is 18.5 Å². The summed E-state index contributed by atoms with van der Waals surface area (Å²) in [4.78, 5) is 4.35. The fourth-order valence-electron chi connectivity index (χ4n) is 1.96. The van der Waals surface area contributed by atoms with Gasteiger partial charge >= 0.3 is 0 Å². The number of benzene rings is 1. The number of pyridine rings is 1. The van der Waals surface area contributed by atoms with Crippen LogP contribution >= 0.6 is 24.2 Å². The third kappa shape index (κ3) is 3.77. The highest BCUT2D eigenvalue weighted by Gasteiger charge is 2.07. The number of thiol groups is 1. The van der Waals surface area contributed by atoms with Crippen LogP contribution in [0.2, 0.25) is 5.02 Å². The van der Waals surface area contributed by atoms with Crippen LogP contribution in [0.15, 0.2) is 30.5 Å². The molecule has 1 unspecified atom stereocenters. The number of aromatic nitrogens is 1. The molecule has 0 bridgehead atoms. The van der Waals surface area contributed by atoms with Crippen LogP contribution in [0.3, 0.4) is 0 Å². The zero-order valence-electron chi connectivity index (χ0n) is 11.0. The maximum absolute atomic E-state index is 6.15. The second-order valence-corrected chi connectivity index (χ2v) is 5.55. The zero-order valence-corrected chi connectivity index (χ0v) is 12.6. The molecule has 0 radical (unpaired) electrons. The Labute approximate surface area is 124 Å². The van der Waals surface area contributed by atoms with Crippen molar-refractivity contribution < 1.29 is 4.74 Å². The van der Waals surface area contributed by atoms with E-state index in [0.29, 0.717) is 17.5 Å². The Bertz CT molecular complexity index is 547. The Kier molecular flexibility index (Phi) is 5.34. The summed E-state index contributed by atoms with van der Waals surface area (Å²) in [5.41, 5.74) is 0.830. The minimum Gasteiger partial charge on any atom is -0.491 e. The van der Waals surface area contributed by atoms with Gasteiger partial charge in [0.25, 0.3) is 0 Å². The summed E-state index contributed by atoms with van der Waals surface area (Å²) in [6.45, 7) is 2.92. The van der Waals surface area contributed by atoms with E-state index in [9.17, 15) is 0 Å². The second-order valence-electron chi connectivity index (χ2n) is 4.70. The van der Waals surface area contributed by atoms with Gasteiger partial charge < -0.3 is 4.74 Å². The first-order chi connectivity index (χ1) is 9.22. The van der Waals surface area contributed by atoms with Gasteiger partial charge in [0.2, 0.25) is 0 Å². The minimum absolute atomic E-state index is 0.629. The molecule has 102 valence electrons. The summed E-state index contributed by atoms with van der Waals surface area (Å²) < 4.78 is 5.85. The van der Waals surface area contributed by atoms with Gasteiger partial charge in [-0.25, -0.2) is 0 Å². The van der Waals surface area contributed by atoms with Gasteiger partial charge in [0, 0.05) is 11.6 Å². The van der Waals surface area contributed by atoms with Crippen LogP contribution in [0.4, 0.5) is 0 Å². The molecular weight excluding hydrogens is 278 g/mol. The largest absolute Gasteiger partial charge is 0.491 e. The molecule has 0 aliphatic carbocycles. The highest BCUT2D eigenvalue weighted by Crippen LogP contribution is 2.29. The molecule has 0 aliphatic rings. The van der Waals surface area contributed by atoms with E-state index in [1.54, 1.807) is 6.20 Å². The molecule has 0 fully saturated rings. The van der Waals surface area contributed by atoms with Crippen molar-refractivity contribution in [1.29, 1.82) is 0 Å². The Morgan fingerprint density at radius 2 is 2.16 bits per heavy atom. The van der Waals surface area contributed by atoms with Crippen molar-refractivity contribution in [3.63, 3.8) is 0 Å². The van der Waals surface area contributed by atoms with E-state index in [0.717, 1.165) is 35.2 Å². The Hall–Kier alpha value is -0.930. The number of hydrogen-bond donors (Lipinski definition) is 1. The molecule has 1 aromatic heterocycles. The quantitative estimate of drug-likeness (QED) is 0.786. The molecule has 1 aromatic carbocycles. The van der Waals surface area contributed by atoms with E-state index in [-0.39, 0.29) is 0 Å². The Morgan fingerprint density at radius 3 is 2.95 bits per heavy atom. The molecule has 0 aliphatic heterocycles. The van der Waals surface area contributed by atoms with Gasteiger partial charge in [0.1, 0.15) is 11.3 Å². The van der Waals surface area contributed by atoms with E-state index in [2.05, 4.69) is 24.5 Å². The number of nitrogens with zero attached hydrogens (tertiary/aromatic N) is 1. The lowest BCUT2D eigenvalue weighted by Crippen LogP contribution is -2.05. The molecule has 2 nitrogen and oxygen atoms in total. The van der Waals surface area contributed by atoms with E-state index in [1.807, 2.05) is 24.3 Å². The van der Waals surface area contributed by atoms with E-state index in [1.165, 1.54) is 0 Å². The number of rotatable bonds is 6.